The van der Waals surface area contributed by atoms with Crippen molar-refractivity contribution >= 4 is 6.09 Å². The van der Waals surface area contributed by atoms with Crippen LogP contribution >= 0.6 is 0 Å². The third-order valence-corrected chi connectivity index (χ3v) is 5.95. The molecule has 0 atom stereocenters. The highest BCUT2D eigenvalue weighted by Crippen LogP contribution is 2.27. The summed E-state index contributed by atoms with van der Waals surface area (Å²) in [7, 11) is 3.65. The van der Waals surface area contributed by atoms with Gasteiger partial charge in [-0.3, -0.25) is 0 Å². The van der Waals surface area contributed by atoms with Gasteiger partial charge in [0.1, 0.15) is 12.4 Å². The molecule has 0 saturated heterocycles. The second-order valence-electron chi connectivity index (χ2n) is 8.45. The number of aromatic nitrogens is 2. The third kappa shape index (κ3) is 5.49. The van der Waals surface area contributed by atoms with Crippen LogP contribution in [0.25, 0.3) is 11.3 Å². The van der Waals surface area contributed by atoms with E-state index in [-0.39, 0.29) is 12.7 Å². The van der Waals surface area contributed by atoms with Crippen LogP contribution in [0.3, 0.4) is 0 Å². The zero-order chi connectivity index (χ0) is 22.3. The van der Waals surface area contributed by atoms with Crippen molar-refractivity contribution in [2.24, 2.45) is 7.05 Å². The van der Waals surface area contributed by atoms with Gasteiger partial charge in [-0.25, -0.2) is 9.78 Å². The summed E-state index contributed by atoms with van der Waals surface area (Å²) in [5.74, 6) is 0.895. The summed E-state index contributed by atoms with van der Waals surface area (Å²) in [4.78, 5) is 18.6. The second kappa shape index (κ2) is 10.4. The normalized spacial score (nSPS) is 14.2. The first-order valence-corrected chi connectivity index (χ1v) is 11.3. The molecule has 3 aromatic rings. The van der Waals surface area contributed by atoms with E-state index < -0.39 is 0 Å². The number of carbonyl (C=O) groups excluding carboxylic acids is 1. The first-order valence-electron chi connectivity index (χ1n) is 11.3. The first-order chi connectivity index (χ1) is 15.6. The van der Waals surface area contributed by atoms with Gasteiger partial charge in [-0.15, -0.1) is 0 Å². The molecule has 4 rings (SSSR count). The Morgan fingerprint density at radius 2 is 1.78 bits per heavy atom. The number of imidazole rings is 1. The number of hydrogen-bond acceptors (Lipinski definition) is 4. The Balaban J connectivity index is 1.38. The average molecular weight is 434 g/mol. The maximum Gasteiger partial charge on any atom is 0.410 e. The highest BCUT2D eigenvalue weighted by atomic mass is 16.6. The van der Waals surface area contributed by atoms with E-state index in [4.69, 9.17) is 9.47 Å². The molecule has 1 aliphatic carbocycles. The topological polar surface area (TPSA) is 56.6 Å². The molecule has 0 radical (unpaired) electrons. The minimum absolute atomic E-state index is 0.157. The molecule has 6 nitrogen and oxygen atoms in total. The number of ether oxygens (including phenoxy) is 2. The molecule has 1 saturated carbocycles. The fourth-order valence-electron chi connectivity index (χ4n) is 4.10. The molecule has 1 fully saturated rings. The van der Waals surface area contributed by atoms with Crippen LogP contribution in [-0.2, 0) is 24.9 Å². The Bertz CT molecular complexity index is 1010. The lowest BCUT2D eigenvalue weighted by molar-refractivity contribution is 0.101. The molecule has 1 aromatic heterocycles. The second-order valence-corrected chi connectivity index (χ2v) is 8.45. The van der Waals surface area contributed by atoms with Crippen LogP contribution in [0.1, 0.15) is 43.4 Å². The zero-order valence-corrected chi connectivity index (χ0v) is 18.9. The van der Waals surface area contributed by atoms with E-state index in [0.29, 0.717) is 12.6 Å². The van der Waals surface area contributed by atoms with E-state index in [1.807, 2.05) is 66.2 Å². The SMILES string of the molecule is CN(Cc1ccccc1)C(=O)OCc1c(-c2ccc(OC3CCCCC3)cc2)ncn1C. The fraction of sp³-hybridized carbons (Fsp3) is 0.385. The summed E-state index contributed by atoms with van der Waals surface area (Å²) in [6.07, 6.45) is 7.79. The number of aryl methyl sites for hydroxylation is 1. The van der Waals surface area contributed by atoms with Crippen molar-refractivity contribution in [3.63, 3.8) is 0 Å². The molecule has 0 aliphatic heterocycles. The molecule has 2 aromatic carbocycles. The van der Waals surface area contributed by atoms with Crippen molar-refractivity contribution in [1.29, 1.82) is 0 Å². The number of hydrogen-bond donors (Lipinski definition) is 0. The van der Waals surface area contributed by atoms with Gasteiger partial charge in [0.05, 0.1) is 23.8 Å². The maximum atomic E-state index is 12.5. The quantitative estimate of drug-likeness (QED) is 0.489. The van der Waals surface area contributed by atoms with Gasteiger partial charge in [-0.05, 0) is 55.5 Å². The number of carbonyl (C=O) groups is 1. The van der Waals surface area contributed by atoms with Crippen molar-refractivity contribution in [2.75, 3.05) is 7.05 Å². The molecule has 0 spiro atoms. The summed E-state index contributed by atoms with van der Waals surface area (Å²) in [5.41, 5.74) is 3.71. The van der Waals surface area contributed by atoms with Crippen LogP contribution in [0.15, 0.2) is 60.9 Å². The molecule has 1 amide bonds. The van der Waals surface area contributed by atoms with E-state index in [2.05, 4.69) is 4.98 Å². The number of nitrogens with zero attached hydrogens (tertiary/aromatic N) is 3. The Morgan fingerprint density at radius 1 is 1.06 bits per heavy atom. The van der Waals surface area contributed by atoms with Crippen molar-refractivity contribution in [2.45, 2.75) is 51.4 Å². The van der Waals surface area contributed by atoms with Gasteiger partial charge in [0, 0.05) is 26.2 Å². The molecule has 1 heterocycles. The van der Waals surface area contributed by atoms with Gasteiger partial charge in [0.25, 0.3) is 0 Å². The molecular formula is C26H31N3O3. The maximum absolute atomic E-state index is 12.5. The van der Waals surface area contributed by atoms with E-state index in [1.165, 1.54) is 19.3 Å². The lowest BCUT2D eigenvalue weighted by Crippen LogP contribution is -2.27. The average Bonchev–Trinajstić information content (AvgIpc) is 3.19. The summed E-state index contributed by atoms with van der Waals surface area (Å²) in [6, 6.07) is 17.9. The summed E-state index contributed by atoms with van der Waals surface area (Å²) in [6.45, 7) is 0.657. The van der Waals surface area contributed by atoms with Crippen molar-refractivity contribution < 1.29 is 14.3 Å². The summed E-state index contributed by atoms with van der Waals surface area (Å²) in [5, 5.41) is 0. The van der Waals surface area contributed by atoms with Crippen molar-refractivity contribution in [1.82, 2.24) is 14.5 Å². The molecule has 0 N–H and O–H groups in total. The Kier molecular flexibility index (Phi) is 7.10. The Labute approximate surface area is 189 Å². The minimum atomic E-state index is -0.364. The Morgan fingerprint density at radius 3 is 2.50 bits per heavy atom. The monoisotopic (exact) mass is 433 g/mol. The third-order valence-electron chi connectivity index (χ3n) is 5.95. The standard InChI is InChI=1S/C26H31N3O3/c1-28(17-20-9-5-3-6-10-20)26(30)31-18-24-25(27-19-29(24)2)21-13-15-23(16-14-21)32-22-11-7-4-8-12-22/h3,5-6,9-10,13-16,19,22H,4,7-8,11-12,17-18H2,1-2H3. The predicted molar refractivity (Wildman–Crippen MR) is 124 cm³/mol. The first kappa shape index (κ1) is 21.9. The smallest absolute Gasteiger partial charge is 0.410 e. The van der Waals surface area contributed by atoms with Gasteiger partial charge in [-0.1, -0.05) is 36.8 Å². The molecule has 1 aliphatic rings. The number of rotatable bonds is 7. The highest BCUT2D eigenvalue weighted by molar-refractivity contribution is 5.68. The van der Waals surface area contributed by atoms with E-state index in [0.717, 1.165) is 41.1 Å². The van der Waals surface area contributed by atoms with Gasteiger partial charge in [0.15, 0.2) is 0 Å². The van der Waals surface area contributed by atoms with Gasteiger partial charge < -0.3 is 18.9 Å². The lowest BCUT2D eigenvalue weighted by atomic mass is 9.98. The fourth-order valence-corrected chi connectivity index (χ4v) is 4.10. The molecule has 0 bridgehead atoms. The Hall–Kier alpha value is -3.28. The minimum Gasteiger partial charge on any atom is -0.490 e. The van der Waals surface area contributed by atoms with E-state index in [9.17, 15) is 4.79 Å². The van der Waals surface area contributed by atoms with Gasteiger partial charge in [-0.2, -0.15) is 0 Å². The van der Waals surface area contributed by atoms with E-state index in [1.54, 1.807) is 18.3 Å². The van der Waals surface area contributed by atoms with Crippen LogP contribution in [-0.4, -0.2) is 33.7 Å². The summed E-state index contributed by atoms with van der Waals surface area (Å²) >= 11 is 0. The molecule has 168 valence electrons. The largest absolute Gasteiger partial charge is 0.490 e. The van der Waals surface area contributed by atoms with Gasteiger partial charge in [0.2, 0.25) is 0 Å². The van der Waals surface area contributed by atoms with Crippen LogP contribution in [0, 0.1) is 0 Å². The van der Waals surface area contributed by atoms with Crippen LogP contribution < -0.4 is 4.74 Å². The van der Waals surface area contributed by atoms with Crippen LogP contribution in [0.5, 0.6) is 5.75 Å². The lowest BCUT2D eigenvalue weighted by Gasteiger charge is -2.23. The highest BCUT2D eigenvalue weighted by Gasteiger charge is 2.17. The summed E-state index contributed by atoms with van der Waals surface area (Å²) < 4.78 is 13.6. The van der Waals surface area contributed by atoms with Crippen molar-refractivity contribution in [3.8, 4) is 17.0 Å². The van der Waals surface area contributed by atoms with Gasteiger partial charge >= 0.3 is 6.09 Å². The zero-order valence-electron chi connectivity index (χ0n) is 18.9. The van der Waals surface area contributed by atoms with Crippen LogP contribution in [0.2, 0.25) is 0 Å². The molecular weight excluding hydrogens is 402 g/mol. The number of benzene rings is 2. The van der Waals surface area contributed by atoms with Crippen molar-refractivity contribution in [3.05, 3.63) is 72.2 Å². The molecule has 0 unspecified atom stereocenters. The van der Waals surface area contributed by atoms with E-state index >= 15 is 0 Å². The molecule has 6 heteroatoms. The number of amides is 1. The van der Waals surface area contributed by atoms with Crippen LogP contribution in [0.4, 0.5) is 4.79 Å². The predicted octanol–water partition coefficient (Wildman–Crippen LogP) is 5.57. The molecule has 32 heavy (non-hydrogen) atoms.